The number of aryl methyl sites for hydroxylation is 1. The van der Waals surface area contributed by atoms with Crippen LogP contribution in [0, 0.1) is 12.8 Å². The maximum atomic E-state index is 12.7. The van der Waals surface area contributed by atoms with E-state index in [1.165, 1.54) is 6.21 Å². The number of aliphatic imine (C=N–C) groups is 1. The van der Waals surface area contributed by atoms with E-state index < -0.39 is 23.8 Å². The monoisotopic (exact) mass is 389 g/mol. The lowest BCUT2D eigenvalue weighted by Gasteiger charge is -2.28. The predicted octanol–water partition coefficient (Wildman–Crippen LogP) is 3.90. The van der Waals surface area contributed by atoms with Gasteiger partial charge in [-0.15, -0.1) is 0 Å². The highest BCUT2D eigenvalue weighted by molar-refractivity contribution is 6.35. The smallest absolute Gasteiger partial charge is 0.276 e. The zero-order valence-corrected chi connectivity index (χ0v) is 15.1. The third kappa shape index (κ3) is 3.76. The van der Waals surface area contributed by atoms with Crippen LogP contribution in [0.2, 0.25) is 10.0 Å². The average Bonchev–Trinajstić information content (AvgIpc) is 2.53. The summed E-state index contributed by atoms with van der Waals surface area (Å²) in [6, 6.07) is 10.7. The first kappa shape index (κ1) is 18.1. The number of hydrogen-bond donors (Lipinski definition) is 1. The molecule has 2 aromatic carbocycles. The van der Waals surface area contributed by atoms with Gasteiger partial charge in [0.1, 0.15) is 0 Å². The van der Waals surface area contributed by atoms with Gasteiger partial charge in [0.2, 0.25) is 5.91 Å². The zero-order chi connectivity index (χ0) is 18.8. The summed E-state index contributed by atoms with van der Waals surface area (Å²) in [6.07, 6.45) is 1.18. The molecular formula is C18H13Cl2N3O3. The molecule has 0 bridgehead atoms. The van der Waals surface area contributed by atoms with Crippen molar-refractivity contribution in [2.24, 2.45) is 10.9 Å². The van der Waals surface area contributed by atoms with Crippen molar-refractivity contribution >= 4 is 58.6 Å². The van der Waals surface area contributed by atoms with Crippen molar-refractivity contribution in [2.45, 2.75) is 6.92 Å². The van der Waals surface area contributed by atoms with Crippen LogP contribution < -0.4 is 10.2 Å². The first-order valence-corrected chi connectivity index (χ1v) is 8.36. The fraction of sp³-hybridized carbons (Fsp3) is 0.111. The number of anilines is 1. The van der Waals surface area contributed by atoms with E-state index in [4.69, 9.17) is 23.2 Å². The zero-order valence-electron chi connectivity index (χ0n) is 13.6. The SMILES string of the molecule is Cc1cccc(N2C(=O)NC(=O)[C@@H](C=Nc3cc(Cl)cc(Cl)c3)C2=O)c1. The summed E-state index contributed by atoms with van der Waals surface area (Å²) in [6.45, 7) is 1.84. The number of hydrogen-bond acceptors (Lipinski definition) is 4. The Morgan fingerprint density at radius 1 is 1.08 bits per heavy atom. The number of carbonyl (C=O) groups is 3. The van der Waals surface area contributed by atoms with Crippen molar-refractivity contribution in [1.29, 1.82) is 0 Å². The number of nitrogens with one attached hydrogen (secondary N) is 1. The Kier molecular flexibility index (Phi) is 5.06. The quantitative estimate of drug-likeness (QED) is 0.638. The number of amides is 4. The number of imide groups is 2. The number of carbonyl (C=O) groups excluding carboxylic acids is 3. The average molecular weight is 390 g/mol. The van der Waals surface area contributed by atoms with Gasteiger partial charge in [0.15, 0.2) is 5.92 Å². The van der Waals surface area contributed by atoms with Crippen LogP contribution in [0.15, 0.2) is 47.5 Å². The van der Waals surface area contributed by atoms with E-state index in [0.29, 0.717) is 21.4 Å². The summed E-state index contributed by atoms with van der Waals surface area (Å²) in [5, 5.41) is 2.92. The van der Waals surface area contributed by atoms with E-state index >= 15 is 0 Å². The van der Waals surface area contributed by atoms with Crippen LogP contribution in [-0.4, -0.2) is 24.1 Å². The second-order valence-electron chi connectivity index (χ2n) is 5.69. The lowest BCUT2D eigenvalue weighted by atomic mass is 10.1. The highest BCUT2D eigenvalue weighted by Gasteiger charge is 2.40. The molecule has 0 aromatic heterocycles. The van der Waals surface area contributed by atoms with Gasteiger partial charge in [-0.2, -0.15) is 0 Å². The Morgan fingerprint density at radius 3 is 2.42 bits per heavy atom. The molecule has 6 nitrogen and oxygen atoms in total. The maximum absolute atomic E-state index is 12.7. The van der Waals surface area contributed by atoms with Crippen LogP contribution in [0.3, 0.4) is 0 Å². The van der Waals surface area contributed by atoms with E-state index in [2.05, 4.69) is 10.3 Å². The van der Waals surface area contributed by atoms with Crippen molar-refractivity contribution in [3.05, 3.63) is 58.1 Å². The highest BCUT2D eigenvalue weighted by atomic mass is 35.5. The number of benzene rings is 2. The van der Waals surface area contributed by atoms with Gasteiger partial charge < -0.3 is 0 Å². The molecule has 0 unspecified atom stereocenters. The molecule has 8 heteroatoms. The minimum Gasteiger partial charge on any atom is -0.276 e. The molecular weight excluding hydrogens is 377 g/mol. The van der Waals surface area contributed by atoms with Crippen LogP contribution >= 0.6 is 23.2 Å². The van der Waals surface area contributed by atoms with Gasteiger partial charge in [-0.3, -0.25) is 19.9 Å². The maximum Gasteiger partial charge on any atom is 0.335 e. The molecule has 1 saturated heterocycles. The van der Waals surface area contributed by atoms with Gasteiger partial charge >= 0.3 is 6.03 Å². The van der Waals surface area contributed by atoms with Crippen molar-refractivity contribution < 1.29 is 14.4 Å². The molecule has 4 amide bonds. The molecule has 0 radical (unpaired) electrons. The second-order valence-corrected chi connectivity index (χ2v) is 6.56. The van der Waals surface area contributed by atoms with Crippen LogP contribution in [0.5, 0.6) is 0 Å². The van der Waals surface area contributed by atoms with Crippen LogP contribution in [-0.2, 0) is 9.59 Å². The first-order chi connectivity index (χ1) is 12.3. The van der Waals surface area contributed by atoms with Crippen molar-refractivity contribution in [3.8, 4) is 0 Å². The lowest BCUT2D eigenvalue weighted by Crippen LogP contribution is -2.58. The Hall–Kier alpha value is -2.70. The molecule has 3 rings (SSSR count). The summed E-state index contributed by atoms with van der Waals surface area (Å²) >= 11 is 11.8. The first-order valence-electron chi connectivity index (χ1n) is 7.61. The Labute approximate surface area is 159 Å². The highest BCUT2D eigenvalue weighted by Crippen LogP contribution is 2.25. The molecule has 132 valence electrons. The minimum absolute atomic E-state index is 0.376. The molecule has 1 heterocycles. The predicted molar refractivity (Wildman–Crippen MR) is 100 cm³/mol. The molecule has 0 saturated carbocycles. The number of halogens is 2. The Bertz CT molecular complexity index is 923. The Balaban J connectivity index is 1.91. The van der Waals surface area contributed by atoms with E-state index in [-0.39, 0.29) is 0 Å². The second kappa shape index (κ2) is 7.27. The molecule has 2 aromatic rings. The van der Waals surface area contributed by atoms with E-state index in [1.807, 2.05) is 13.0 Å². The molecule has 0 spiro atoms. The molecule has 1 N–H and O–H groups in total. The standard InChI is InChI=1S/C18H13Cl2N3O3/c1-10-3-2-4-14(5-10)23-17(25)15(16(24)22-18(23)26)9-21-13-7-11(19)6-12(20)8-13/h2-9,15H,1H3,(H,22,24,26)/t15-/m1/s1. The summed E-state index contributed by atoms with van der Waals surface area (Å²) in [7, 11) is 0. The normalized spacial score (nSPS) is 17.7. The summed E-state index contributed by atoms with van der Waals surface area (Å²) in [5.74, 6) is -2.66. The molecule has 1 aliphatic heterocycles. The molecule has 1 aliphatic rings. The summed E-state index contributed by atoms with van der Waals surface area (Å²) in [5.41, 5.74) is 1.64. The van der Waals surface area contributed by atoms with Gasteiger partial charge in [0, 0.05) is 16.3 Å². The van der Waals surface area contributed by atoms with Gasteiger partial charge in [0.05, 0.1) is 11.4 Å². The van der Waals surface area contributed by atoms with Crippen molar-refractivity contribution in [2.75, 3.05) is 4.90 Å². The lowest BCUT2D eigenvalue weighted by molar-refractivity contribution is -0.131. The van der Waals surface area contributed by atoms with E-state index in [9.17, 15) is 14.4 Å². The number of barbiturate groups is 1. The third-order valence-electron chi connectivity index (χ3n) is 3.68. The van der Waals surface area contributed by atoms with Gasteiger partial charge in [0.25, 0.3) is 5.91 Å². The summed E-state index contributed by atoms with van der Waals surface area (Å²) < 4.78 is 0. The van der Waals surface area contributed by atoms with Gasteiger partial charge in [-0.1, -0.05) is 35.3 Å². The van der Waals surface area contributed by atoms with Crippen molar-refractivity contribution in [3.63, 3.8) is 0 Å². The van der Waals surface area contributed by atoms with Crippen LogP contribution in [0.1, 0.15) is 5.56 Å². The van der Waals surface area contributed by atoms with Gasteiger partial charge in [-0.05, 0) is 42.8 Å². The fourth-order valence-corrected chi connectivity index (χ4v) is 3.02. The fourth-order valence-electron chi connectivity index (χ4n) is 2.51. The largest absolute Gasteiger partial charge is 0.335 e. The Morgan fingerprint density at radius 2 is 1.77 bits per heavy atom. The van der Waals surface area contributed by atoms with E-state index in [1.54, 1.807) is 36.4 Å². The number of rotatable bonds is 3. The topological polar surface area (TPSA) is 78.8 Å². The molecule has 26 heavy (non-hydrogen) atoms. The molecule has 1 fully saturated rings. The van der Waals surface area contributed by atoms with Gasteiger partial charge in [-0.25, -0.2) is 9.69 Å². The third-order valence-corrected chi connectivity index (χ3v) is 4.12. The number of urea groups is 1. The van der Waals surface area contributed by atoms with Crippen LogP contribution in [0.4, 0.5) is 16.2 Å². The molecule has 0 aliphatic carbocycles. The molecule has 1 atom stereocenters. The summed E-state index contributed by atoms with van der Waals surface area (Å²) in [4.78, 5) is 42.0. The number of nitrogens with zero attached hydrogens (tertiary/aromatic N) is 2. The van der Waals surface area contributed by atoms with E-state index in [0.717, 1.165) is 10.5 Å². The van der Waals surface area contributed by atoms with Crippen molar-refractivity contribution in [1.82, 2.24) is 5.32 Å². The minimum atomic E-state index is -1.24. The van der Waals surface area contributed by atoms with Crippen LogP contribution in [0.25, 0.3) is 0 Å².